The Labute approximate surface area is 61.8 Å². The number of Topliss-reactive ketones (excluding diaryl/α,β-unsaturated/α-hetero) is 1. The van der Waals surface area contributed by atoms with Gasteiger partial charge in [0.25, 0.3) is 0 Å². The van der Waals surface area contributed by atoms with E-state index in [-0.39, 0.29) is 22.9 Å². The Hall–Kier alpha value is -0.510. The van der Waals surface area contributed by atoms with Crippen LogP contribution >= 0.6 is 11.8 Å². The van der Waals surface area contributed by atoms with Crippen LogP contribution in [-0.2, 0) is 9.59 Å². The highest BCUT2D eigenvalue weighted by atomic mass is 32.2. The molecule has 2 unspecified atom stereocenters. The lowest BCUT2D eigenvalue weighted by Crippen LogP contribution is -2.09. The molecule has 1 aliphatic heterocycles. The number of rotatable bonds is 1. The first-order valence-corrected chi connectivity index (χ1v) is 4.14. The zero-order chi connectivity index (χ0) is 7.30. The molecule has 3 nitrogen and oxygen atoms in total. The maximum atomic E-state index is 10.8. The van der Waals surface area contributed by atoms with Crippen molar-refractivity contribution in [1.82, 2.24) is 0 Å². The fourth-order valence-corrected chi connectivity index (χ4v) is 2.92. The van der Waals surface area contributed by atoms with E-state index in [1.807, 2.05) is 0 Å². The average molecular weight is 158 g/mol. The van der Waals surface area contributed by atoms with Gasteiger partial charge in [0.15, 0.2) is 0 Å². The van der Waals surface area contributed by atoms with Crippen molar-refractivity contribution in [2.45, 2.75) is 5.25 Å². The molecule has 1 aliphatic carbocycles. The highest BCUT2D eigenvalue weighted by Gasteiger charge is 2.62. The fraction of sp³-hybridized carbons (Fsp3) is 0.667. The summed E-state index contributed by atoms with van der Waals surface area (Å²) in [5.41, 5.74) is 0. The Morgan fingerprint density at radius 1 is 1.70 bits per heavy atom. The first kappa shape index (κ1) is 6.22. The lowest BCUT2D eigenvalue weighted by Gasteiger charge is -1.93. The highest BCUT2D eigenvalue weighted by molar-refractivity contribution is 8.01. The lowest BCUT2D eigenvalue weighted by atomic mass is 10.2. The Bertz CT molecular complexity index is 209. The number of carbonyl (C=O) groups is 2. The van der Waals surface area contributed by atoms with Crippen molar-refractivity contribution < 1.29 is 14.7 Å². The van der Waals surface area contributed by atoms with E-state index in [9.17, 15) is 9.59 Å². The molecule has 0 bridgehead atoms. The minimum absolute atomic E-state index is 0.116. The van der Waals surface area contributed by atoms with E-state index in [1.54, 1.807) is 0 Å². The van der Waals surface area contributed by atoms with Crippen LogP contribution in [0.4, 0.5) is 0 Å². The molecule has 3 atom stereocenters. The van der Waals surface area contributed by atoms with Crippen molar-refractivity contribution in [2.75, 3.05) is 5.75 Å². The zero-order valence-corrected chi connectivity index (χ0v) is 5.93. The van der Waals surface area contributed by atoms with E-state index in [4.69, 9.17) is 5.11 Å². The predicted octanol–water partition coefficient (Wildman–Crippen LogP) is 0.00150. The van der Waals surface area contributed by atoms with Crippen LogP contribution in [0.25, 0.3) is 0 Å². The highest BCUT2D eigenvalue weighted by Crippen LogP contribution is 2.54. The molecule has 0 aromatic heterocycles. The second kappa shape index (κ2) is 1.75. The van der Waals surface area contributed by atoms with Crippen molar-refractivity contribution in [2.24, 2.45) is 11.8 Å². The van der Waals surface area contributed by atoms with Crippen LogP contribution in [0.2, 0.25) is 0 Å². The van der Waals surface area contributed by atoms with Crippen LogP contribution in [0.15, 0.2) is 0 Å². The Kier molecular flexibility index (Phi) is 1.09. The molecule has 0 radical (unpaired) electrons. The van der Waals surface area contributed by atoms with Gasteiger partial charge in [-0.1, -0.05) is 0 Å². The SMILES string of the molecule is O=C1CSC2C1[C@H]2C(=O)O. The molecule has 0 aromatic carbocycles. The number of thioether (sulfide) groups is 1. The maximum absolute atomic E-state index is 10.8. The molecule has 1 heterocycles. The molecule has 2 fully saturated rings. The van der Waals surface area contributed by atoms with E-state index < -0.39 is 5.97 Å². The Balaban J connectivity index is 2.12. The number of carboxylic acid groups (broad SMARTS) is 1. The van der Waals surface area contributed by atoms with Crippen molar-refractivity contribution in [3.8, 4) is 0 Å². The van der Waals surface area contributed by atoms with Gasteiger partial charge in [-0.3, -0.25) is 9.59 Å². The molecule has 2 rings (SSSR count). The van der Waals surface area contributed by atoms with E-state index >= 15 is 0 Å². The number of hydrogen-bond donors (Lipinski definition) is 1. The second-order valence-electron chi connectivity index (χ2n) is 2.63. The first-order valence-electron chi connectivity index (χ1n) is 3.09. The molecule has 2 aliphatic rings. The van der Waals surface area contributed by atoms with Gasteiger partial charge in [-0.2, -0.15) is 0 Å². The minimum atomic E-state index is -0.810. The molecule has 0 spiro atoms. The number of aliphatic carboxylic acids is 1. The second-order valence-corrected chi connectivity index (χ2v) is 3.80. The molecule has 4 heteroatoms. The van der Waals surface area contributed by atoms with Crippen molar-refractivity contribution >= 4 is 23.5 Å². The number of fused-ring (bicyclic) bond motifs is 1. The zero-order valence-electron chi connectivity index (χ0n) is 5.11. The van der Waals surface area contributed by atoms with Crippen LogP contribution in [-0.4, -0.2) is 27.9 Å². The van der Waals surface area contributed by atoms with E-state index in [1.165, 1.54) is 11.8 Å². The molecule has 0 amide bonds. The van der Waals surface area contributed by atoms with Gasteiger partial charge in [-0.05, 0) is 0 Å². The molecular formula is C6H6O3S. The quantitative estimate of drug-likeness (QED) is 0.583. The number of ketones is 1. The van der Waals surface area contributed by atoms with E-state index in [2.05, 4.69) is 0 Å². The number of carbonyl (C=O) groups excluding carboxylic acids is 1. The molecule has 1 saturated carbocycles. The van der Waals surface area contributed by atoms with Crippen LogP contribution in [0.1, 0.15) is 0 Å². The van der Waals surface area contributed by atoms with Crippen LogP contribution in [0.3, 0.4) is 0 Å². The van der Waals surface area contributed by atoms with Gasteiger partial charge in [0, 0.05) is 11.2 Å². The van der Waals surface area contributed by atoms with Crippen molar-refractivity contribution in [1.29, 1.82) is 0 Å². The van der Waals surface area contributed by atoms with Gasteiger partial charge < -0.3 is 5.11 Å². The molecule has 0 aromatic rings. The van der Waals surface area contributed by atoms with Crippen LogP contribution in [0.5, 0.6) is 0 Å². The van der Waals surface area contributed by atoms with Gasteiger partial charge in [-0.25, -0.2) is 0 Å². The largest absolute Gasteiger partial charge is 0.481 e. The summed E-state index contributed by atoms with van der Waals surface area (Å²) in [6.07, 6.45) is 0. The molecule has 10 heavy (non-hydrogen) atoms. The molecule has 54 valence electrons. The third-order valence-electron chi connectivity index (χ3n) is 2.03. The summed E-state index contributed by atoms with van der Waals surface area (Å²) in [6.45, 7) is 0. The van der Waals surface area contributed by atoms with Crippen LogP contribution in [0, 0.1) is 11.8 Å². The van der Waals surface area contributed by atoms with E-state index in [0.717, 1.165) is 0 Å². The van der Waals surface area contributed by atoms with E-state index in [0.29, 0.717) is 5.75 Å². The average Bonchev–Trinajstić information content (AvgIpc) is 2.48. The maximum Gasteiger partial charge on any atom is 0.308 e. The van der Waals surface area contributed by atoms with Gasteiger partial charge in [0.1, 0.15) is 5.78 Å². The number of carboxylic acids is 1. The summed E-state index contributed by atoms with van der Waals surface area (Å²) in [4.78, 5) is 21.2. The van der Waals surface area contributed by atoms with Crippen molar-refractivity contribution in [3.63, 3.8) is 0 Å². The minimum Gasteiger partial charge on any atom is -0.481 e. The summed E-state index contributed by atoms with van der Waals surface area (Å²) in [7, 11) is 0. The van der Waals surface area contributed by atoms with Crippen LogP contribution < -0.4 is 0 Å². The Morgan fingerprint density at radius 3 is 2.70 bits per heavy atom. The van der Waals surface area contributed by atoms with Gasteiger partial charge >= 0.3 is 5.97 Å². The lowest BCUT2D eigenvalue weighted by molar-refractivity contribution is -0.139. The molecular weight excluding hydrogens is 152 g/mol. The Morgan fingerprint density at radius 2 is 2.40 bits per heavy atom. The van der Waals surface area contributed by atoms with Gasteiger partial charge in [0.2, 0.25) is 0 Å². The topological polar surface area (TPSA) is 54.4 Å². The molecule has 1 saturated heterocycles. The predicted molar refractivity (Wildman–Crippen MR) is 35.9 cm³/mol. The summed E-state index contributed by atoms with van der Waals surface area (Å²) in [5, 5.41) is 8.63. The summed E-state index contributed by atoms with van der Waals surface area (Å²) >= 11 is 1.49. The summed E-state index contributed by atoms with van der Waals surface area (Å²) in [5.74, 6) is -0.647. The summed E-state index contributed by atoms with van der Waals surface area (Å²) < 4.78 is 0. The molecule has 1 N–H and O–H groups in total. The first-order chi connectivity index (χ1) is 4.72. The summed E-state index contributed by atoms with van der Waals surface area (Å²) in [6, 6.07) is 0. The smallest absolute Gasteiger partial charge is 0.308 e. The third kappa shape index (κ3) is 0.624. The van der Waals surface area contributed by atoms with Crippen molar-refractivity contribution in [3.05, 3.63) is 0 Å². The number of hydrogen-bond acceptors (Lipinski definition) is 3. The monoisotopic (exact) mass is 158 g/mol. The fourth-order valence-electron chi connectivity index (χ4n) is 1.44. The van der Waals surface area contributed by atoms with Gasteiger partial charge in [-0.15, -0.1) is 11.8 Å². The standard InChI is InChI=1S/C6H6O3S/c7-2-1-10-5-3(2)4(5)6(8)9/h3-5H,1H2,(H,8,9)/t3?,4-,5?/m1/s1. The normalized spacial score (nSPS) is 43.2. The third-order valence-corrected chi connectivity index (χ3v) is 3.45. The van der Waals surface area contributed by atoms with Gasteiger partial charge in [0.05, 0.1) is 11.7 Å².